The predicted molar refractivity (Wildman–Crippen MR) is 107 cm³/mol. The van der Waals surface area contributed by atoms with Crippen molar-refractivity contribution in [3.63, 3.8) is 0 Å². The number of ether oxygens (including phenoxy) is 3. The van der Waals surface area contributed by atoms with Crippen LogP contribution in [0.3, 0.4) is 0 Å². The molecule has 0 aromatic heterocycles. The first-order valence-electron chi connectivity index (χ1n) is 9.43. The molecule has 2 N–H and O–H groups in total. The molecule has 0 saturated heterocycles. The topological polar surface area (TPSA) is 85.9 Å². The Hall–Kier alpha value is -3.55. The number of rotatable bonds is 7. The molecular weight excluding hydrogens is 391 g/mol. The zero-order chi connectivity index (χ0) is 21.7. The van der Waals surface area contributed by atoms with Gasteiger partial charge in [-0.15, -0.1) is 0 Å². The van der Waals surface area contributed by atoms with Gasteiger partial charge in [0.25, 0.3) is 0 Å². The number of hydrogen-bond donors (Lipinski definition) is 2. The summed E-state index contributed by atoms with van der Waals surface area (Å²) in [5.74, 6) is 0.0843. The summed E-state index contributed by atoms with van der Waals surface area (Å²) in [5, 5.41) is 5.34. The van der Waals surface area contributed by atoms with E-state index in [4.69, 9.17) is 14.2 Å². The summed E-state index contributed by atoms with van der Waals surface area (Å²) >= 11 is 0. The molecular formula is C22H23FN2O5. The van der Waals surface area contributed by atoms with Gasteiger partial charge in [-0.3, -0.25) is 0 Å². The normalized spacial score (nSPS) is 15.9. The summed E-state index contributed by atoms with van der Waals surface area (Å²) in [4.78, 5) is 24.4. The molecule has 158 valence electrons. The van der Waals surface area contributed by atoms with E-state index < -0.39 is 18.0 Å². The van der Waals surface area contributed by atoms with Crippen LogP contribution >= 0.6 is 0 Å². The first-order chi connectivity index (χ1) is 14.4. The number of halogens is 1. The van der Waals surface area contributed by atoms with Gasteiger partial charge in [-0.1, -0.05) is 18.2 Å². The number of methoxy groups -OCH3 is 1. The summed E-state index contributed by atoms with van der Waals surface area (Å²) < 4.78 is 29.4. The maximum atomic E-state index is 13.0. The molecule has 30 heavy (non-hydrogen) atoms. The Balaban J connectivity index is 1.86. The minimum Gasteiger partial charge on any atom is -0.493 e. The highest BCUT2D eigenvalue weighted by atomic mass is 19.1. The number of carbonyl (C=O) groups is 2. The third-order valence-electron chi connectivity index (χ3n) is 4.59. The van der Waals surface area contributed by atoms with Crippen LogP contribution in [-0.4, -0.2) is 25.7 Å². The molecule has 1 atom stereocenters. The average molecular weight is 414 g/mol. The van der Waals surface area contributed by atoms with E-state index in [0.717, 1.165) is 5.56 Å². The molecule has 2 aromatic carbocycles. The van der Waals surface area contributed by atoms with Crippen LogP contribution in [0.1, 0.15) is 31.0 Å². The zero-order valence-electron chi connectivity index (χ0n) is 17.0. The largest absolute Gasteiger partial charge is 0.493 e. The Morgan fingerprint density at radius 2 is 1.87 bits per heavy atom. The third-order valence-corrected chi connectivity index (χ3v) is 4.59. The molecule has 1 heterocycles. The van der Waals surface area contributed by atoms with E-state index in [2.05, 4.69) is 10.6 Å². The molecule has 1 aliphatic rings. The minimum atomic E-state index is -0.696. The van der Waals surface area contributed by atoms with Crippen molar-refractivity contribution in [2.45, 2.75) is 26.5 Å². The highest BCUT2D eigenvalue weighted by Crippen LogP contribution is 2.35. The fraction of sp³-hybridized carbons (Fsp3) is 0.273. The van der Waals surface area contributed by atoms with Gasteiger partial charge in [0.15, 0.2) is 11.5 Å². The van der Waals surface area contributed by atoms with Gasteiger partial charge in [0, 0.05) is 5.70 Å². The summed E-state index contributed by atoms with van der Waals surface area (Å²) in [7, 11) is 1.50. The Labute approximate surface area is 173 Å². The Morgan fingerprint density at radius 3 is 2.53 bits per heavy atom. The molecule has 7 nitrogen and oxygen atoms in total. The SMILES string of the molecule is CCOC(=O)C1=C(C)NC(=O)N[C@H]1c1ccc(OCc2ccc(F)cc2)c(OC)c1. The van der Waals surface area contributed by atoms with E-state index in [1.165, 1.54) is 19.2 Å². The van der Waals surface area contributed by atoms with Crippen LogP contribution in [-0.2, 0) is 16.1 Å². The lowest BCUT2D eigenvalue weighted by atomic mass is 9.95. The van der Waals surface area contributed by atoms with Gasteiger partial charge in [0.05, 0.1) is 25.3 Å². The zero-order valence-corrected chi connectivity index (χ0v) is 17.0. The molecule has 0 aliphatic carbocycles. The number of benzene rings is 2. The van der Waals surface area contributed by atoms with Crippen molar-refractivity contribution in [2.75, 3.05) is 13.7 Å². The van der Waals surface area contributed by atoms with Gasteiger partial charge < -0.3 is 24.8 Å². The smallest absolute Gasteiger partial charge is 0.338 e. The highest BCUT2D eigenvalue weighted by Gasteiger charge is 2.32. The fourth-order valence-corrected chi connectivity index (χ4v) is 3.15. The lowest BCUT2D eigenvalue weighted by Gasteiger charge is -2.28. The second-order valence-corrected chi connectivity index (χ2v) is 6.62. The van der Waals surface area contributed by atoms with Crippen molar-refractivity contribution in [3.8, 4) is 11.5 Å². The molecule has 8 heteroatoms. The van der Waals surface area contributed by atoms with Crippen molar-refractivity contribution >= 4 is 12.0 Å². The number of amides is 2. The van der Waals surface area contributed by atoms with Gasteiger partial charge in [-0.2, -0.15) is 0 Å². The third kappa shape index (κ3) is 4.71. The molecule has 1 aliphatic heterocycles. The van der Waals surface area contributed by atoms with Crippen LogP contribution in [0.15, 0.2) is 53.7 Å². The Morgan fingerprint density at radius 1 is 1.13 bits per heavy atom. The van der Waals surface area contributed by atoms with Crippen LogP contribution in [0, 0.1) is 5.82 Å². The van der Waals surface area contributed by atoms with Crippen molar-refractivity contribution in [1.29, 1.82) is 0 Å². The predicted octanol–water partition coefficient (Wildman–Crippen LogP) is 3.60. The lowest BCUT2D eigenvalue weighted by molar-refractivity contribution is -0.139. The molecule has 0 fully saturated rings. The first kappa shape index (κ1) is 21.2. The molecule has 3 rings (SSSR count). The number of esters is 1. The quantitative estimate of drug-likeness (QED) is 0.676. The van der Waals surface area contributed by atoms with Crippen LogP contribution < -0.4 is 20.1 Å². The van der Waals surface area contributed by atoms with E-state index in [-0.39, 0.29) is 19.0 Å². The number of hydrogen-bond acceptors (Lipinski definition) is 5. The molecule has 2 amide bonds. The summed E-state index contributed by atoms with van der Waals surface area (Å²) in [6, 6.07) is 10.0. The Kier molecular flexibility index (Phi) is 6.56. The maximum absolute atomic E-state index is 13.0. The van der Waals surface area contributed by atoms with Crippen molar-refractivity contribution in [2.24, 2.45) is 0 Å². The van der Waals surface area contributed by atoms with E-state index in [9.17, 15) is 14.0 Å². The number of urea groups is 1. The van der Waals surface area contributed by atoms with Crippen molar-refractivity contribution in [1.82, 2.24) is 10.6 Å². The molecule has 0 unspecified atom stereocenters. The fourth-order valence-electron chi connectivity index (χ4n) is 3.15. The molecule has 0 saturated carbocycles. The van der Waals surface area contributed by atoms with Gasteiger partial charge >= 0.3 is 12.0 Å². The minimum absolute atomic E-state index is 0.218. The van der Waals surface area contributed by atoms with Gasteiger partial charge in [0.2, 0.25) is 0 Å². The van der Waals surface area contributed by atoms with E-state index >= 15 is 0 Å². The van der Waals surface area contributed by atoms with E-state index in [1.807, 2.05) is 0 Å². The monoisotopic (exact) mass is 414 g/mol. The van der Waals surface area contributed by atoms with E-state index in [1.54, 1.807) is 44.2 Å². The maximum Gasteiger partial charge on any atom is 0.338 e. The van der Waals surface area contributed by atoms with Crippen molar-refractivity contribution < 1.29 is 28.2 Å². The molecule has 0 spiro atoms. The van der Waals surface area contributed by atoms with Crippen LogP contribution in [0.4, 0.5) is 9.18 Å². The summed E-state index contributed by atoms with van der Waals surface area (Å²) in [6.45, 7) is 3.81. The van der Waals surface area contributed by atoms with E-state index in [0.29, 0.717) is 28.3 Å². The van der Waals surface area contributed by atoms with Crippen LogP contribution in [0.25, 0.3) is 0 Å². The molecule has 0 bridgehead atoms. The van der Waals surface area contributed by atoms with Gasteiger partial charge in [-0.05, 0) is 49.2 Å². The van der Waals surface area contributed by atoms with Gasteiger partial charge in [0.1, 0.15) is 12.4 Å². The van der Waals surface area contributed by atoms with Crippen molar-refractivity contribution in [3.05, 3.63) is 70.7 Å². The highest BCUT2D eigenvalue weighted by molar-refractivity contribution is 5.95. The second-order valence-electron chi connectivity index (χ2n) is 6.62. The second kappa shape index (κ2) is 9.30. The van der Waals surface area contributed by atoms with Crippen LogP contribution in [0.2, 0.25) is 0 Å². The lowest BCUT2D eigenvalue weighted by Crippen LogP contribution is -2.45. The Bertz CT molecular complexity index is 972. The average Bonchev–Trinajstić information content (AvgIpc) is 2.72. The number of allylic oxidation sites excluding steroid dienone is 1. The number of carbonyl (C=O) groups excluding carboxylic acids is 2. The summed E-state index contributed by atoms with van der Waals surface area (Å²) in [6.07, 6.45) is 0. The summed E-state index contributed by atoms with van der Waals surface area (Å²) in [5.41, 5.74) is 2.19. The number of nitrogens with one attached hydrogen (secondary N) is 2. The molecule has 2 aromatic rings. The molecule has 0 radical (unpaired) electrons. The van der Waals surface area contributed by atoms with Crippen LogP contribution in [0.5, 0.6) is 11.5 Å². The first-order valence-corrected chi connectivity index (χ1v) is 9.43. The van der Waals surface area contributed by atoms with Gasteiger partial charge in [-0.25, -0.2) is 14.0 Å². The standard InChI is InChI=1S/C22H23FN2O5/c1-4-29-21(26)19-13(2)24-22(27)25-20(19)15-7-10-17(18(11-15)28-3)30-12-14-5-8-16(23)9-6-14/h5-11,20H,4,12H2,1-3H3,(H2,24,25,27)/t20-/m0/s1.